The highest BCUT2D eigenvalue weighted by molar-refractivity contribution is 5.76. The second-order valence-electron chi connectivity index (χ2n) is 13.5. The molecule has 4 heteroatoms. The van der Waals surface area contributed by atoms with Crippen LogP contribution < -0.4 is 0 Å². The van der Waals surface area contributed by atoms with Crippen LogP contribution in [0.25, 0.3) is 0 Å². The molecule has 0 amide bonds. The summed E-state index contributed by atoms with van der Waals surface area (Å²) in [6.07, 6.45) is 16.0. The zero-order chi connectivity index (χ0) is 25.4. The Morgan fingerprint density at radius 1 is 1.03 bits per heavy atom. The van der Waals surface area contributed by atoms with E-state index in [1.165, 1.54) is 56.9 Å². The molecule has 4 rings (SSSR count). The second-order valence-corrected chi connectivity index (χ2v) is 13.5. The number of hydrogen-bond acceptors (Lipinski definition) is 3. The third-order valence-electron chi connectivity index (χ3n) is 11.1. The van der Waals surface area contributed by atoms with E-state index in [0.717, 1.165) is 54.8 Å². The average Bonchev–Trinajstić information content (AvgIpc) is 3.15. The van der Waals surface area contributed by atoms with Gasteiger partial charge in [-0.15, -0.1) is 0 Å². The summed E-state index contributed by atoms with van der Waals surface area (Å²) in [4.78, 5) is 22.9. The molecule has 35 heavy (non-hydrogen) atoms. The summed E-state index contributed by atoms with van der Waals surface area (Å²) in [5.74, 6) is 3.68. The second kappa shape index (κ2) is 10.6. The molecule has 198 valence electrons. The molecule has 1 N–H and O–H groups in total. The van der Waals surface area contributed by atoms with E-state index in [0.29, 0.717) is 5.41 Å². The molecule has 1 unspecified atom stereocenters. The number of aliphatic carboxylic acids is 1. The van der Waals surface area contributed by atoms with E-state index in [4.69, 9.17) is 9.84 Å². The van der Waals surface area contributed by atoms with Crippen molar-refractivity contribution in [2.45, 2.75) is 124 Å². The quantitative estimate of drug-likeness (QED) is 0.267. The first-order chi connectivity index (χ1) is 16.5. The molecule has 0 aromatic rings. The molecule has 0 aromatic carbocycles. The molecule has 0 aromatic heterocycles. The van der Waals surface area contributed by atoms with E-state index in [1.54, 1.807) is 0 Å². The number of allylic oxidation sites excluding steroid dienone is 1. The molecule has 3 fully saturated rings. The Bertz CT molecular complexity index is 815. The molecule has 4 aliphatic carbocycles. The monoisotopic (exact) mass is 486 g/mol. The maximum Gasteiger partial charge on any atom is 0.306 e. The number of carboxylic acids is 1. The largest absolute Gasteiger partial charge is 0.481 e. The predicted octanol–water partition coefficient (Wildman–Crippen LogP) is 7.80. The number of carboxylic acid groups (broad SMARTS) is 1. The van der Waals surface area contributed by atoms with Crippen LogP contribution in [0.1, 0.15) is 118 Å². The van der Waals surface area contributed by atoms with Crippen molar-refractivity contribution in [2.75, 3.05) is 0 Å². The van der Waals surface area contributed by atoms with Gasteiger partial charge in [0.25, 0.3) is 0 Å². The van der Waals surface area contributed by atoms with Crippen molar-refractivity contribution < 1.29 is 19.4 Å². The fraction of sp³-hybridized carbons (Fsp3) is 0.871. The van der Waals surface area contributed by atoms with Gasteiger partial charge in [-0.2, -0.15) is 0 Å². The van der Waals surface area contributed by atoms with Gasteiger partial charge in [0.05, 0.1) is 12.8 Å². The lowest BCUT2D eigenvalue weighted by atomic mass is 9.47. The first-order valence-corrected chi connectivity index (χ1v) is 14.7. The first-order valence-electron chi connectivity index (χ1n) is 14.7. The van der Waals surface area contributed by atoms with E-state index < -0.39 is 5.97 Å². The zero-order valence-corrected chi connectivity index (χ0v) is 23.0. The van der Waals surface area contributed by atoms with Gasteiger partial charge < -0.3 is 9.84 Å². The molecule has 0 spiro atoms. The molecule has 0 saturated heterocycles. The highest BCUT2D eigenvalue weighted by atomic mass is 16.5. The van der Waals surface area contributed by atoms with Crippen LogP contribution in [0.2, 0.25) is 0 Å². The van der Waals surface area contributed by atoms with Crippen LogP contribution in [0.5, 0.6) is 0 Å². The molecular formula is C31H50O4. The van der Waals surface area contributed by atoms with Gasteiger partial charge in [0.1, 0.15) is 6.10 Å². The lowest BCUT2D eigenvalue weighted by molar-refractivity contribution is -0.154. The Morgan fingerprint density at radius 3 is 2.51 bits per heavy atom. The molecule has 4 nitrogen and oxygen atoms in total. The molecule has 3 saturated carbocycles. The van der Waals surface area contributed by atoms with Crippen LogP contribution in [0.15, 0.2) is 11.6 Å². The van der Waals surface area contributed by atoms with Crippen LogP contribution in [0.3, 0.4) is 0 Å². The van der Waals surface area contributed by atoms with Gasteiger partial charge in [-0.05, 0) is 91.3 Å². The highest BCUT2D eigenvalue weighted by Crippen LogP contribution is 2.67. The summed E-state index contributed by atoms with van der Waals surface area (Å²) in [5.41, 5.74) is 2.27. The summed E-state index contributed by atoms with van der Waals surface area (Å²) in [6.45, 7) is 12.4. The molecule has 0 aliphatic heterocycles. The van der Waals surface area contributed by atoms with E-state index in [1.807, 2.05) is 0 Å². The van der Waals surface area contributed by atoms with Gasteiger partial charge in [-0.1, -0.05) is 65.5 Å². The number of hydrogen-bond donors (Lipinski definition) is 1. The topological polar surface area (TPSA) is 63.6 Å². The average molecular weight is 487 g/mol. The molecule has 4 aliphatic rings. The van der Waals surface area contributed by atoms with Crippen molar-refractivity contribution in [3.63, 3.8) is 0 Å². The van der Waals surface area contributed by atoms with Crippen molar-refractivity contribution in [3.05, 3.63) is 11.6 Å². The molecule has 8 atom stereocenters. The Kier molecular flexibility index (Phi) is 8.08. The number of ether oxygens (including phenoxy) is 1. The molecule has 0 bridgehead atoms. The van der Waals surface area contributed by atoms with Gasteiger partial charge in [-0.3, -0.25) is 9.59 Å². The summed E-state index contributed by atoms with van der Waals surface area (Å²) >= 11 is 0. The van der Waals surface area contributed by atoms with Crippen molar-refractivity contribution in [2.24, 2.45) is 46.3 Å². The van der Waals surface area contributed by atoms with E-state index in [2.05, 4.69) is 40.7 Å². The van der Waals surface area contributed by atoms with Crippen LogP contribution in [-0.4, -0.2) is 23.1 Å². The van der Waals surface area contributed by atoms with E-state index in [9.17, 15) is 9.59 Å². The van der Waals surface area contributed by atoms with E-state index in [-0.39, 0.29) is 30.3 Å². The lowest BCUT2D eigenvalue weighted by Crippen LogP contribution is -2.51. The summed E-state index contributed by atoms with van der Waals surface area (Å²) in [5, 5.41) is 8.84. The predicted molar refractivity (Wildman–Crippen MR) is 140 cm³/mol. The van der Waals surface area contributed by atoms with Crippen LogP contribution >= 0.6 is 0 Å². The lowest BCUT2D eigenvalue weighted by Gasteiger charge is -2.58. The fourth-order valence-corrected chi connectivity index (χ4v) is 9.21. The highest BCUT2D eigenvalue weighted by Gasteiger charge is 2.59. The number of fused-ring (bicyclic) bond motifs is 5. The minimum atomic E-state index is -0.942. The number of rotatable bonds is 9. The van der Waals surface area contributed by atoms with Gasteiger partial charge >= 0.3 is 11.9 Å². The first kappa shape index (κ1) is 26.7. The fourth-order valence-electron chi connectivity index (χ4n) is 9.21. The smallest absolute Gasteiger partial charge is 0.306 e. The van der Waals surface area contributed by atoms with E-state index >= 15 is 0 Å². The molecule has 0 heterocycles. The maximum atomic E-state index is 12.1. The van der Waals surface area contributed by atoms with Gasteiger partial charge in [0.15, 0.2) is 0 Å². The minimum Gasteiger partial charge on any atom is -0.481 e. The third-order valence-corrected chi connectivity index (χ3v) is 11.1. The third kappa shape index (κ3) is 5.37. The van der Waals surface area contributed by atoms with Gasteiger partial charge in [0.2, 0.25) is 0 Å². The van der Waals surface area contributed by atoms with Crippen molar-refractivity contribution in [1.82, 2.24) is 0 Å². The van der Waals surface area contributed by atoms with Crippen LogP contribution in [0, 0.1) is 46.3 Å². The van der Waals surface area contributed by atoms with Gasteiger partial charge in [0, 0.05) is 6.42 Å². The summed E-state index contributed by atoms with van der Waals surface area (Å²) in [7, 11) is 0. The molecular weight excluding hydrogens is 436 g/mol. The Hall–Kier alpha value is -1.32. The maximum absolute atomic E-state index is 12.1. The molecule has 0 radical (unpaired) electrons. The zero-order valence-electron chi connectivity index (χ0n) is 23.0. The Balaban J connectivity index is 1.40. The van der Waals surface area contributed by atoms with Crippen LogP contribution in [0.4, 0.5) is 0 Å². The standard InChI is InChI=1S/C31H50O4/c1-20(2)7-6-8-21(3)25-11-12-26-24-10-9-22-19-23(35-29(34)14-13-28(32)33)15-17-30(22,4)27(24)16-18-31(25,26)5/h9,20-21,23-27H,6-8,10-19H2,1-5H3,(H,32,33)/t21-,23+,24+,25-,26+,27?,30+,31-/m1/s1. The SMILES string of the molecule is CC(C)CCC[C@@H](C)[C@H]1CC[C@H]2[C@@H]3CC=C4C[C@@H](OC(=O)CCC(=O)O)CC[C@]4(C)C3CC[C@]12C. The van der Waals surface area contributed by atoms with Crippen molar-refractivity contribution in [3.8, 4) is 0 Å². The van der Waals surface area contributed by atoms with Crippen molar-refractivity contribution in [1.29, 1.82) is 0 Å². The number of esters is 1. The Labute approximate surface area is 213 Å². The normalized spacial score (nSPS) is 39.3. The summed E-state index contributed by atoms with van der Waals surface area (Å²) in [6, 6.07) is 0. The number of carbonyl (C=O) groups is 2. The van der Waals surface area contributed by atoms with Crippen LogP contribution in [-0.2, 0) is 14.3 Å². The van der Waals surface area contributed by atoms with Gasteiger partial charge in [-0.25, -0.2) is 0 Å². The van der Waals surface area contributed by atoms with Crippen molar-refractivity contribution >= 4 is 11.9 Å². The summed E-state index contributed by atoms with van der Waals surface area (Å²) < 4.78 is 5.70. The number of carbonyl (C=O) groups excluding carboxylic acids is 1. The Morgan fingerprint density at radius 2 is 1.80 bits per heavy atom. The minimum absolute atomic E-state index is 0.0236.